The second kappa shape index (κ2) is 6.50. The van der Waals surface area contributed by atoms with E-state index in [1.807, 2.05) is 29.3 Å². The molecule has 0 fully saturated rings. The monoisotopic (exact) mass is 356 g/mol. The first-order valence-corrected chi connectivity index (χ1v) is 8.52. The maximum Gasteiger partial charge on any atom is 0.191 e. The van der Waals surface area contributed by atoms with Crippen LogP contribution in [-0.4, -0.2) is 19.9 Å². The fraction of sp³-hybridized carbons (Fsp3) is 0.0526. The highest BCUT2D eigenvalue weighted by Gasteiger charge is 2.22. The molecule has 0 aliphatic carbocycles. The van der Waals surface area contributed by atoms with E-state index < -0.39 is 0 Å². The van der Waals surface area contributed by atoms with Crippen LogP contribution in [0.15, 0.2) is 67.3 Å². The topological polar surface area (TPSA) is 90.9 Å². The third-order valence-electron chi connectivity index (χ3n) is 4.28. The Balaban J connectivity index is 1.40. The van der Waals surface area contributed by atoms with E-state index in [0.717, 1.165) is 28.0 Å². The number of fused-ring (bicyclic) bond motifs is 2. The van der Waals surface area contributed by atoms with Crippen molar-refractivity contribution in [2.24, 2.45) is 0 Å². The number of rotatable bonds is 4. The van der Waals surface area contributed by atoms with Crippen molar-refractivity contribution >= 4 is 34.0 Å². The lowest BCUT2D eigenvalue weighted by Gasteiger charge is -2.17. The molecule has 3 aromatic heterocycles. The number of hydrogen-bond donors (Lipinski definition) is 3. The molecule has 3 N–H and O–H groups in total. The Bertz CT molecular complexity index is 1100. The number of hydrogen-bond acceptors (Lipinski definition) is 8. The van der Waals surface area contributed by atoms with Gasteiger partial charge in [0.25, 0.3) is 0 Å². The molecule has 0 saturated heterocycles. The quantitative estimate of drug-likeness (QED) is 0.514. The molecule has 0 radical (unpaired) electrons. The molecule has 0 atom stereocenters. The van der Waals surface area contributed by atoms with Crippen LogP contribution in [0.25, 0.3) is 10.9 Å². The van der Waals surface area contributed by atoms with Crippen molar-refractivity contribution in [3.63, 3.8) is 0 Å². The molecule has 8 nitrogen and oxygen atoms in total. The standard InChI is InChI=1S/C19H16N8/c1-2-14-10-13(3-4-16(14)21-7-1)12-27-19-18(25-26-27)22-11-17(24-19)23-15-5-8-20-9-6-15/h1-11,26H,12H2,(H,22,25)(H,20,23,24). The van der Waals surface area contributed by atoms with Gasteiger partial charge in [0.1, 0.15) is 0 Å². The van der Waals surface area contributed by atoms with E-state index in [4.69, 9.17) is 0 Å². The molecule has 5 rings (SSSR count). The summed E-state index contributed by atoms with van der Waals surface area (Å²) in [6.07, 6.45) is 6.95. The minimum absolute atomic E-state index is 0.637. The van der Waals surface area contributed by atoms with Gasteiger partial charge in [0.15, 0.2) is 17.5 Å². The summed E-state index contributed by atoms with van der Waals surface area (Å²) in [6.45, 7) is 0.637. The summed E-state index contributed by atoms with van der Waals surface area (Å²) in [5.74, 6) is 2.09. The lowest BCUT2D eigenvalue weighted by atomic mass is 10.1. The number of nitrogens with one attached hydrogen (secondary N) is 3. The zero-order valence-electron chi connectivity index (χ0n) is 14.3. The molecular weight excluding hydrogens is 340 g/mol. The van der Waals surface area contributed by atoms with Crippen molar-refractivity contribution < 1.29 is 0 Å². The number of nitrogens with zero attached hydrogens (tertiary/aromatic N) is 5. The summed E-state index contributed by atoms with van der Waals surface area (Å²) in [5, 5.41) is 6.28. The van der Waals surface area contributed by atoms with E-state index >= 15 is 0 Å². The predicted octanol–water partition coefficient (Wildman–Crippen LogP) is 3.02. The Labute approximate surface area is 155 Å². The van der Waals surface area contributed by atoms with E-state index in [1.54, 1.807) is 24.8 Å². The summed E-state index contributed by atoms with van der Waals surface area (Å²) in [5.41, 5.74) is 9.20. The summed E-state index contributed by atoms with van der Waals surface area (Å²) >= 11 is 0. The molecule has 4 heterocycles. The van der Waals surface area contributed by atoms with Gasteiger partial charge in [-0.15, -0.1) is 5.53 Å². The molecule has 0 unspecified atom stereocenters. The Morgan fingerprint density at radius 1 is 1.00 bits per heavy atom. The highest BCUT2D eigenvalue weighted by Crippen LogP contribution is 2.28. The summed E-state index contributed by atoms with van der Waals surface area (Å²) < 4.78 is 0. The molecule has 1 aliphatic rings. The van der Waals surface area contributed by atoms with E-state index in [2.05, 4.69) is 54.4 Å². The molecule has 4 aromatic rings. The van der Waals surface area contributed by atoms with E-state index in [1.165, 1.54) is 0 Å². The van der Waals surface area contributed by atoms with Crippen LogP contribution in [0.1, 0.15) is 5.56 Å². The van der Waals surface area contributed by atoms with Crippen LogP contribution < -0.4 is 21.3 Å². The largest absolute Gasteiger partial charge is 0.339 e. The van der Waals surface area contributed by atoms with Crippen LogP contribution in [0.2, 0.25) is 0 Å². The molecular formula is C19H16N8. The fourth-order valence-corrected chi connectivity index (χ4v) is 2.99. The second-order valence-corrected chi connectivity index (χ2v) is 6.14. The Morgan fingerprint density at radius 2 is 1.93 bits per heavy atom. The van der Waals surface area contributed by atoms with Gasteiger partial charge in [-0.2, -0.15) is 0 Å². The third-order valence-corrected chi connectivity index (χ3v) is 4.28. The molecule has 0 saturated carbocycles. The lowest BCUT2D eigenvalue weighted by molar-refractivity contribution is 0.717. The van der Waals surface area contributed by atoms with Gasteiger partial charge in [-0.1, -0.05) is 12.1 Å². The smallest absolute Gasteiger partial charge is 0.191 e. The molecule has 1 aliphatic heterocycles. The van der Waals surface area contributed by atoms with E-state index in [-0.39, 0.29) is 0 Å². The van der Waals surface area contributed by atoms with Crippen molar-refractivity contribution in [1.29, 1.82) is 0 Å². The van der Waals surface area contributed by atoms with Gasteiger partial charge in [-0.3, -0.25) is 20.4 Å². The van der Waals surface area contributed by atoms with Crippen molar-refractivity contribution in [1.82, 2.24) is 25.5 Å². The fourth-order valence-electron chi connectivity index (χ4n) is 2.99. The summed E-state index contributed by atoms with van der Waals surface area (Å²) in [4.78, 5) is 17.5. The van der Waals surface area contributed by atoms with Crippen molar-refractivity contribution in [2.75, 3.05) is 15.8 Å². The van der Waals surface area contributed by atoms with Crippen LogP contribution in [-0.2, 0) is 6.54 Å². The van der Waals surface area contributed by atoms with Crippen molar-refractivity contribution in [2.45, 2.75) is 6.54 Å². The van der Waals surface area contributed by atoms with Crippen molar-refractivity contribution in [3.8, 4) is 0 Å². The molecule has 132 valence electrons. The minimum Gasteiger partial charge on any atom is -0.339 e. The molecule has 0 amide bonds. The number of pyridine rings is 2. The van der Waals surface area contributed by atoms with Crippen molar-refractivity contribution in [3.05, 3.63) is 72.8 Å². The molecule has 0 spiro atoms. The molecule has 27 heavy (non-hydrogen) atoms. The van der Waals surface area contributed by atoms with Gasteiger partial charge in [-0.25, -0.2) is 9.97 Å². The number of aromatic nitrogens is 4. The van der Waals surface area contributed by atoms with Gasteiger partial charge in [-0.05, 0) is 35.9 Å². The zero-order chi connectivity index (χ0) is 18.1. The first-order chi connectivity index (χ1) is 13.3. The predicted molar refractivity (Wildman–Crippen MR) is 104 cm³/mol. The highest BCUT2D eigenvalue weighted by atomic mass is 15.7. The molecule has 1 aromatic carbocycles. The van der Waals surface area contributed by atoms with E-state index in [0.29, 0.717) is 18.2 Å². The van der Waals surface area contributed by atoms with Gasteiger partial charge in [0.2, 0.25) is 0 Å². The number of hydrazine groups is 2. The van der Waals surface area contributed by atoms with E-state index in [9.17, 15) is 0 Å². The maximum absolute atomic E-state index is 4.68. The summed E-state index contributed by atoms with van der Waals surface area (Å²) in [6, 6.07) is 14.0. The van der Waals surface area contributed by atoms with Crippen LogP contribution in [0.5, 0.6) is 0 Å². The lowest BCUT2D eigenvalue weighted by Crippen LogP contribution is -2.35. The van der Waals surface area contributed by atoms with Crippen LogP contribution in [0.3, 0.4) is 0 Å². The van der Waals surface area contributed by atoms with Crippen LogP contribution in [0.4, 0.5) is 23.1 Å². The van der Waals surface area contributed by atoms with Crippen LogP contribution >= 0.6 is 0 Å². The molecule has 0 bridgehead atoms. The molecule has 8 heteroatoms. The van der Waals surface area contributed by atoms with Gasteiger partial charge in [0.05, 0.1) is 18.3 Å². The zero-order valence-corrected chi connectivity index (χ0v) is 14.3. The van der Waals surface area contributed by atoms with Gasteiger partial charge >= 0.3 is 0 Å². The number of benzene rings is 1. The first kappa shape index (κ1) is 15.5. The maximum atomic E-state index is 4.68. The highest BCUT2D eigenvalue weighted by molar-refractivity contribution is 5.79. The summed E-state index contributed by atoms with van der Waals surface area (Å²) in [7, 11) is 0. The first-order valence-electron chi connectivity index (χ1n) is 8.52. The number of anilines is 4. The SMILES string of the molecule is c1cnc2ccc(CN3NNc4ncc(Nc5ccncc5)nc43)cc2c1. The Morgan fingerprint density at radius 3 is 2.85 bits per heavy atom. The van der Waals surface area contributed by atoms with Gasteiger partial charge < -0.3 is 5.32 Å². The second-order valence-electron chi connectivity index (χ2n) is 6.14. The van der Waals surface area contributed by atoms with Crippen LogP contribution in [0, 0.1) is 0 Å². The average molecular weight is 356 g/mol. The Kier molecular flexibility index (Phi) is 3.73. The Hall–Kier alpha value is -3.78. The third kappa shape index (κ3) is 3.09. The minimum atomic E-state index is 0.637. The average Bonchev–Trinajstić information content (AvgIpc) is 3.11. The normalized spacial score (nSPS) is 12.7. The van der Waals surface area contributed by atoms with Gasteiger partial charge in [0, 0.05) is 29.7 Å².